The number of benzene rings is 1. The van der Waals surface area contributed by atoms with Gasteiger partial charge in [-0.15, -0.1) is 0 Å². The van der Waals surface area contributed by atoms with Crippen LogP contribution in [0.5, 0.6) is 0 Å². The number of rotatable bonds is 6. The molecule has 1 unspecified atom stereocenters. The molecule has 0 saturated heterocycles. The lowest BCUT2D eigenvalue weighted by atomic mass is 10.1. The number of esters is 1. The SMILES string of the molecule is CCC(N)CSCc1ccc(C(=O)OC)c(F)c1. The first kappa shape index (κ1) is 15.0. The topological polar surface area (TPSA) is 52.3 Å². The Kier molecular flexibility index (Phi) is 6.15. The zero-order valence-corrected chi connectivity index (χ0v) is 11.4. The van der Waals surface area contributed by atoms with Crippen LogP contribution >= 0.6 is 11.8 Å². The van der Waals surface area contributed by atoms with E-state index in [1.807, 2.05) is 6.92 Å². The third-order valence-corrected chi connectivity index (χ3v) is 3.77. The zero-order chi connectivity index (χ0) is 13.5. The van der Waals surface area contributed by atoms with Crippen molar-refractivity contribution in [2.24, 2.45) is 5.73 Å². The number of halogens is 1. The molecule has 1 aromatic rings. The van der Waals surface area contributed by atoms with Crippen molar-refractivity contribution < 1.29 is 13.9 Å². The summed E-state index contributed by atoms with van der Waals surface area (Å²) in [6.07, 6.45) is 0.933. The maximum Gasteiger partial charge on any atom is 0.340 e. The second-order valence-electron chi connectivity index (χ2n) is 3.99. The second-order valence-corrected chi connectivity index (χ2v) is 5.02. The summed E-state index contributed by atoms with van der Waals surface area (Å²) in [6.45, 7) is 2.04. The number of carbonyl (C=O) groups is 1. The molecule has 0 aliphatic rings. The highest BCUT2D eigenvalue weighted by molar-refractivity contribution is 7.98. The van der Waals surface area contributed by atoms with Gasteiger partial charge in [-0.1, -0.05) is 13.0 Å². The number of methoxy groups -OCH3 is 1. The zero-order valence-electron chi connectivity index (χ0n) is 10.6. The van der Waals surface area contributed by atoms with Gasteiger partial charge in [-0.25, -0.2) is 9.18 Å². The summed E-state index contributed by atoms with van der Waals surface area (Å²) in [5, 5.41) is 0. The summed E-state index contributed by atoms with van der Waals surface area (Å²) in [6, 6.07) is 4.74. The normalized spacial score (nSPS) is 12.2. The standard InChI is InChI=1S/C13H18FNO2S/c1-3-10(15)8-18-7-9-4-5-11(12(14)6-9)13(16)17-2/h4-6,10H,3,7-8,15H2,1-2H3. The molecule has 3 nitrogen and oxygen atoms in total. The van der Waals surface area contributed by atoms with Gasteiger partial charge in [0.25, 0.3) is 0 Å². The average molecular weight is 271 g/mol. The second kappa shape index (κ2) is 7.38. The maximum absolute atomic E-state index is 13.6. The van der Waals surface area contributed by atoms with Gasteiger partial charge in [-0.3, -0.25) is 0 Å². The van der Waals surface area contributed by atoms with Crippen molar-refractivity contribution in [2.75, 3.05) is 12.9 Å². The molecule has 0 fully saturated rings. The van der Waals surface area contributed by atoms with Gasteiger partial charge in [-0.2, -0.15) is 11.8 Å². The highest BCUT2D eigenvalue weighted by atomic mass is 32.2. The van der Waals surface area contributed by atoms with Crippen LogP contribution in [0.25, 0.3) is 0 Å². The minimum Gasteiger partial charge on any atom is -0.465 e. The molecule has 2 N–H and O–H groups in total. The van der Waals surface area contributed by atoms with Gasteiger partial charge >= 0.3 is 5.97 Å². The molecule has 0 amide bonds. The fraction of sp³-hybridized carbons (Fsp3) is 0.462. The van der Waals surface area contributed by atoms with Crippen LogP contribution < -0.4 is 5.73 Å². The Bertz CT molecular complexity index is 412. The number of hydrogen-bond acceptors (Lipinski definition) is 4. The molecular weight excluding hydrogens is 253 g/mol. The fourth-order valence-electron chi connectivity index (χ4n) is 1.37. The molecular formula is C13H18FNO2S. The molecule has 1 aromatic carbocycles. The van der Waals surface area contributed by atoms with Crippen LogP contribution in [0.15, 0.2) is 18.2 Å². The summed E-state index contributed by atoms with van der Waals surface area (Å²) in [5.74, 6) is 0.336. The predicted octanol–water partition coefficient (Wildman–Crippen LogP) is 2.58. The minimum atomic E-state index is -0.653. The van der Waals surface area contributed by atoms with Gasteiger partial charge in [-0.05, 0) is 24.1 Å². The van der Waals surface area contributed by atoms with Gasteiger partial charge < -0.3 is 10.5 Å². The Morgan fingerprint density at radius 3 is 2.83 bits per heavy atom. The van der Waals surface area contributed by atoms with Gasteiger partial charge in [0.15, 0.2) is 0 Å². The lowest BCUT2D eigenvalue weighted by molar-refractivity contribution is 0.0595. The predicted molar refractivity (Wildman–Crippen MR) is 72.2 cm³/mol. The van der Waals surface area contributed by atoms with Crippen LogP contribution in [0.4, 0.5) is 4.39 Å². The summed E-state index contributed by atoms with van der Waals surface area (Å²) in [4.78, 5) is 11.2. The van der Waals surface area contributed by atoms with Crippen LogP contribution in [0.1, 0.15) is 29.3 Å². The van der Waals surface area contributed by atoms with E-state index in [-0.39, 0.29) is 11.6 Å². The molecule has 0 radical (unpaired) electrons. The number of ether oxygens (including phenoxy) is 1. The molecule has 18 heavy (non-hydrogen) atoms. The van der Waals surface area contributed by atoms with Crippen LogP contribution in [0.3, 0.4) is 0 Å². The van der Waals surface area contributed by atoms with Gasteiger partial charge in [0, 0.05) is 17.5 Å². The van der Waals surface area contributed by atoms with E-state index in [0.717, 1.165) is 17.7 Å². The molecule has 0 aromatic heterocycles. The van der Waals surface area contributed by atoms with E-state index in [2.05, 4.69) is 4.74 Å². The summed E-state index contributed by atoms with van der Waals surface area (Å²) < 4.78 is 18.1. The monoisotopic (exact) mass is 271 g/mol. The van der Waals surface area contributed by atoms with Crippen LogP contribution in [0, 0.1) is 5.82 Å². The minimum absolute atomic E-state index is 0.0310. The van der Waals surface area contributed by atoms with E-state index < -0.39 is 11.8 Å². The van der Waals surface area contributed by atoms with Crippen molar-refractivity contribution >= 4 is 17.7 Å². The van der Waals surface area contributed by atoms with Gasteiger partial charge in [0.1, 0.15) is 5.82 Å². The highest BCUT2D eigenvalue weighted by Crippen LogP contribution is 2.17. The van der Waals surface area contributed by atoms with Gasteiger partial charge in [0.05, 0.1) is 12.7 Å². The Balaban J connectivity index is 2.59. The number of carbonyl (C=O) groups excluding carboxylic acids is 1. The van der Waals surface area contributed by atoms with E-state index in [0.29, 0.717) is 5.75 Å². The number of nitrogens with two attached hydrogens (primary N) is 1. The highest BCUT2D eigenvalue weighted by Gasteiger charge is 2.12. The molecule has 0 spiro atoms. The van der Waals surface area contributed by atoms with E-state index in [1.165, 1.54) is 19.2 Å². The Labute approximate surface area is 111 Å². The summed E-state index contributed by atoms with van der Waals surface area (Å²) in [7, 11) is 1.23. The third-order valence-electron chi connectivity index (χ3n) is 2.56. The smallest absolute Gasteiger partial charge is 0.340 e. The largest absolute Gasteiger partial charge is 0.465 e. The quantitative estimate of drug-likeness (QED) is 0.808. The Hall–Kier alpha value is -1.07. The third kappa shape index (κ3) is 4.31. The maximum atomic E-state index is 13.6. The first-order valence-electron chi connectivity index (χ1n) is 5.78. The molecule has 0 heterocycles. The van der Waals surface area contributed by atoms with Crippen LogP contribution in [-0.4, -0.2) is 24.9 Å². The van der Waals surface area contributed by atoms with Crippen molar-refractivity contribution in [3.8, 4) is 0 Å². The Morgan fingerprint density at radius 1 is 1.56 bits per heavy atom. The lowest BCUT2D eigenvalue weighted by Crippen LogP contribution is -2.21. The fourth-order valence-corrected chi connectivity index (χ4v) is 2.44. The van der Waals surface area contributed by atoms with Crippen molar-refractivity contribution in [3.63, 3.8) is 0 Å². The molecule has 1 rings (SSSR count). The molecule has 1 atom stereocenters. The molecule has 0 bridgehead atoms. The number of hydrogen-bond donors (Lipinski definition) is 1. The van der Waals surface area contributed by atoms with E-state index >= 15 is 0 Å². The summed E-state index contributed by atoms with van der Waals surface area (Å²) in [5.41, 5.74) is 6.60. The van der Waals surface area contributed by atoms with Crippen LogP contribution in [0.2, 0.25) is 0 Å². The van der Waals surface area contributed by atoms with Crippen molar-refractivity contribution in [2.45, 2.75) is 25.1 Å². The van der Waals surface area contributed by atoms with Crippen molar-refractivity contribution in [3.05, 3.63) is 35.1 Å². The van der Waals surface area contributed by atoms with Gasteiger partial charge in [0.2, 0.25) is 0 Å². The first-order chi connectivity index (χ1) is 8.58. The summed E-state index contributed by atoms with van der Waals surface area (Å²) >= 11 is 1.66. The van der Waals surface area contributed by atoms with E-state index in [9.17, 15) is 9.18 Å². The molecule has 100 valence electrons. The van der Waals surface area contributed by atoms with Crippen molar-refractivity contribution in [1.29, 1.82) is 0 Å². The van der Waals surface area contributed by atoms with E-state index in [4.69, 9.17) is 5.73 Å². The lowest BCUT2D eigenvalue weighted by Gasteiger charge is -2.08. The van der Waals surface area contributed by atoms with Crippen LogP contribution in [-0.2, 0) is 10.5 Å². The molecule has 0 saturated carbocycles. The molecule has 0 aliphatic carbocycles. The van der Waals surface area contributed by atoms with Crippen molar-refractivity contribution in [1.82, 2.24) is 0 Å². The average Bonchev–Trinajstić information content (AvgIpc) is 2.37. The number of thioether (sulfide) groups is 1. The molecule has 0 aliphatic heterocycles. The molecule has 5 heteroatoms. The Morgan fingerprint density at radius 2 is 2.28 bits per heavy atom. The first-order valence-corrected chi connectivity index (χ1v) is 6.94. The van der Waals surface area contributed by atoms with E-state index in [1.54, 1.807) is 17.8 Å².